The van der Waals surface area contributed by atoms with E-state index < -0.39 is 0 Å². The first-order valence-electron chi connectivity index (χ1n) is 7.51. The molecule has 0 aliphatic carbocycles. The Morgan fingerprint density at radius 3 is 2.88 bits per heavy atom. The molecule has 0 fully saturated rings. The molecule has 0 unspecified atom stereocenters. The maximum absolute atomic E-state index is 11.9. The highest BCUT2D eigenvalue weighted by Gasteiger charge is 2.12. The highest BCUT2D eigenvalue weighted by molar-refractivity contribution is 7.10. The first kappa shape index (κ1) is 14.7. The lowest BCUT2D eigenvalue weighted by Gasteiger charge is -2.00. The SMILES string of the molecule is O=C(Cc1cccs1)NCc1cc(-c2cc3ccccc3o2)on1. The Kier molecular flexibility index (Phi) is 3.88. The summed E-state index contributed by atoms with van der Waals surface area (Å²) in [6, 6.07) is 15.3. The molecule has 1 aromatic carbocycles. The van der Waals surface area contributed by atoms with Crippen molar-refractivity contribution in [2.75, 3.05) is 0 Å². The van der Waals surface area contributed by atoms with Gasteiger partial charge in [-0.2, -0.15) is 0 Å². The molecule has 0 saturated heterocycles. The molecular formula is C18H14N2O3S. The summed E-state index contributed by atoms with van der Waals surface area (Å²) in [5.74, 6) is 1.14. The van der Waals surface area contributed by atoms with Crippen LogP contribution < -0.4 is 5.32 Å². The number of furan rings is 1. The topological polar surface area (TPSA) is 68.3 Å². The van der Waals surface area contributed by atoms with Gasteiger partial charge in [0.05, 0.1) is 13.0 Å². The lowest BCUT2D eigenvalue weighted by Crippen LogP contribution is -2.24. The van der Waals surface area contributed by atoms with Crippen LogP contribution in [0.25, 0.3) is 22.5 Å². The van der Waals surface area contributed by atoms with E-state index in [9.17, 15) is 4.79 Å². The number of fused-ring (bicyclic) bond motifs is 1. The van der Waals surface area contributed by atoms with Gasteiger partial charge in [0.2, 0.25) is 11.7 Å². The van der Waals surface area contributed by atoms with E-state index in [-0.39, 0.29) is 5.91 Å². The normalized spacial score (nSPS) is 11.0. The fourth-order valence-electron chi connectivity index (χ4n) is 2.44. The third kappa shape index (κ3) is 3.09. The maximum Gasteiger partial charge on any atom is 0.225 e. The standard InChI is InChI=1S/C18H14N2O3S/c21-18(10-14-5-3-7-24-14)19-11-13-9-17(23-20-13)16-8-12-4-1-2-6-15(12)22-16/h1-9H,10-11H2,(H,19,21). The Hall–Kier alpha value is -2.86. The minimum Gasteiger partial charge on any atom is -0.453 e. The number of carbonyl (C=O) groups is 1. The Labute approximate surface area is 141 Å². The zero-order chi connectivity index (χ0) is 16.4. The first-order valence-corrected chi connectivity index (χ1v) is 8.39. The smallest absolute Gasteiger partial charge is 0.225 e. The van der Waals surface area contributed by atoms with Gasteiger partial charge in [-0.1, -0.05) is 29.4 Å². The van der Waals surface area contributed by atoms with E-state index in [1.165, 1.54) is 0 Å². The van der Waals surface area contributed by atoms with Crippen molar-refractivity contribution in [3.63, 3.8) is 0 Å². The van der Waals surface area contributed by atoms with Crippen LogP contribution in [0.2, 0.25) is 0 Å². The summed E-state index contributed by atoms with van der Waals surface area (Å²) in [4.78, 5) is 12.9. The number of amides is 1. The van der Waals surface area contributed by atoms with E-state index in [1.807, 2.05) is 47.8 Å². The molecule has 3 aromatic heterocycles. The highest BCUT2D eigenvalue weighted by Crippen LogP contribution is 2.28. The number of hydrogen-bond donors (Lipinski definition) is 1. The summed E-state index contributed by atoms with van der Waals surface area (Å²) in [6.45, 7) is 0.327. The summed E-state index contributed by atoms with van der Waals surface area (Å²) in [6.07, 6.45) is 0.381. The predicted molar refractivity (Wildman–Crippen MR) is 91.6 cm³/mol. The molecule has 3 heterocycles. The molecule has 0 radical (unpaired) electrons. The second-order valence-electron chi connectivity index (χ2n) is 5.36. The Balaban J connectivity index is 1.42. The summed E-state index contributed by atoms with van der Waals surface area (Å²) in [5, 5.41) is 9.80. The largest absolute Gasteiger partial charge is 0.453 e. The molecule has 24 heavy (non-hydrogen) atoms. The van der Waals surface area contributed by atoms with E-state index in [0.717, 1.165) is 15.8 Å². The van der Waals surface area contributed by atoms with Crippen LogP contribution in [0.3, 0.4) is 0 Å². The van der Waals surface area contributed by atoms with Gasteiger partial charge in [0, 0.05) is 16.3 Å². The molecule has 0 atom stereocenters. The van der Waals surface area contributed by atoms with Crippen LogP contribution in [-0.4, -0.2) is 11.1 Å². The summed E-state index contributed by atoms with van der Waals surface area (Å²) >= 11 is 1.57. The highest BCUT2D eigenvalue weighted by atomic mass is 32.1. The molecule has 1 N–H and O–H groups in total. The van der Waals surface area contributed by atoms with Crippen LogP contribution in [0.1, 0.15) is 10.6 Å². The van der Waals surface area contributed by atoms with Gasteiger partial charge in [-0.05, 0) is 23.6 Å². The van der Waals surface area contributed by atoms with Crippen molar-refractivity contribution in [2.45, 2.75) is 13.0 Å². The van der Waals surface area contributed by atoms with Crippen molar-refractivity contribution in [3.8, 4) is 11.5 Å². The molecule has 0 saturated carbocycles. The molecule has 0 aliphatic heterocycles. The molecule has 0 spiro atoms. The Morgan fingerprint density at radius 2 is 2.04 bits per heavy atom. The molecule has 120 valence electrons. The number of para-hydroxylation sites is 1. The average Bonchev–Trinajstić information content (AvgIpc) is 3.32. The molecule has 0 bridgehead atoms. The van der Waals surface area contributed by atoms with Crippen molar-refractivity contribution in [1.82, 2.24) is 10.5 Å². The minimum atomic E-state index is -0.0364. The van der Waals surface area contributed by atoms with Crippen molar-refractivity contribution in [3.05, 3.63) is 64.5 Å². The van der Waals surface area contributed by atoms with Gasteiger partial charge in [0.1, 0.15) is 11.3 Å². The van der Waals surface area contributed by atoms with E-state index in [0.29, 0.717) is 30.2 Å². The van der Waals surface area contributed by atoms with Crippen molar-refractivity contribution >= 4 is 28.2 Å². The number of thiophene rings is 1. The van der Waals surface area contributed by atoms with Crippen LogP contribution in [0.15, 0.2) is 62.9 Å². The summed E-state index contributed by atoms with van der Waals surface area (Å²) in [5.41, 5.74) is 1.46. The number of nitrogens with one attached hydrogen (secondary N) is 1. The van der Waals surface area contributed by atoms with Crippen LogP contribution in [0.4, 0.5) is 0 Å². The van der Waals surface area contributed by atoms with Crippen molar-refractivity contribution in [1.29, 1.82) is 0 Å². The van der Waals surface area contributed by atoms with Crippen LogP contribution >= 0.6 is 11.3 Å². The number of aromatic nitrogens is 1. The van der Waals surface area contributed by atoms with E-state index >= 15 is 0 Å². The Bertz CT molecular complexity index is 936. The lowest BCUT2D eigenvalue weighted by atomic mass is 10.2. The molecule has 0 aliphatic rings. The van der Waals surface area contributed by atoms with Gasteiger partial charge >= 0.3 is 0 Å². The zero-order valence-electron chi connectivity index (χ0n) is 12.7. The molecular weight excluding hydrogens is 324 g/mol. The van der Waals surface area contributed by atoms with Gasteiger partial charge in [-0.3, -0.25) is 4.79 Å². The average molecular weight is 338 g/mol. The molecule has 1 amide bonds. The van der Waals surface area contributed by atoms with E-state index in [4.69, 9.17) is 8.94 Å². The molecule has 4 rings (SSSR count). The first-order chi connectivity index (χ1) is 11.8. The minimum absolute atomic E-state index is 0.0364. The number of rotatable bonds is 5. The number of carbonyl (C=O) groups excluding carboxylic acids is 1. The van der Waals surface area contributed by atoms with E-state index in [2.05, 4.69) is 10.5 Å². The molecule has 4 aromatic rings. The monoisotopic (exact) mass is 338 g/mol. The van der Waals surface area contributed by atoms with Crippen LogP contribution in [-0.2, 0) is 17.8 Å². The fourth-order valence-corrected chi connectivity index (χ4v) is 3.14. The second kappa shape index (κ2) is 6.33. The molecule has 6 heteroatoms. The van der Waals surface area contributed by atoms with Gasteiger partial charge in [0.25, 0.3) is 0 Å². The summed E-state index contributed by atoms with van der Waals surface area (Å²) in [7, 11) is 0. The predicted octanol–water partition coefficient (Wildman–Crippen LogP) is 4.01. The zero-order valence-corrected chi connectivity index (χ0v) is 13.5. The third-order valence-corrected chi connectivity index (χ3v) is 4.49. The number of benzene rings is 1. The maximum atomic E-state index is 11.9. The number of hydrogen-bond acceptors (Lipinski definition) is 5. The van der Waals surface area contributed by atoms with Crippen molar-refractivity contribution in [2.24, 2.45) is 0 Å². The van der Waals surface area contributed by atoms with Gasteiger partial charge in [-0.15, -0.1) is 11.3 Å². The summed E-state index contributed by atoms with van der Waals surface area (Å²) < 4.78 is 11.1. The van der Waals surface area contributed by atoms with E-state index in [1.54, 1.807) is 17.4 Å². The lowest BCUT2D eigenvalue weighted by molar-refractivity contribution is -0.120. The third-order valence-electron chi connectivity index (χ3n) is 3.61. The fraction of sp³-hybridized carbons (Fsp3) is 0.111. The van der Waals surface area contributed by atoms with Crippen molar-refractivity contribution < 1.29 is 13.7 Å². The second-order valence-corrected chi connectivity index (χ2v) is 6.40. The van der Waals surface area contributed by atoms with Crippen LogP contribution in [0, 0.1) is 0 Å². The van der Waals surface area contributed by atoms with Crippen LogP contribution in [0.5, 0.6) is 0 Å². The van der Waals surface area contributed by atoms with Gasteiger partial charge < -0.3 is 14.3 Å². The van der Waals surface area contributed by atoms with Gasteiger partial charge in [0.15, 0.2) is 5.76 Å². The Morgan fingerprint density at radius 1 is 1.12 bits per heavy atom. The molecule has 5 nitrogen and oxygen atoms in total. The van der Waals surface area contributed by atoms with Gasteiger partial charge in [-0.25, -0.2) is 0 Å². The quantitative estimate of drug-likeness (QED) is 0.597. The number of nitrogens with zero attached hydrogens (tertiary/aromatic N) is 1.